The maximum atomic E-state index is 11.4. The van der Waals surface area contributed by atoms with E-state index >= 15 is 0 Å². The summed E-state index contributed by atoms with van der Waals surface area (Å²) >= 11 is 1.24. The molecule has 0 fully saturated rings. The van der Waals surface area contributed by atoms with Gasteiger partial charge in [0.2, 0.25) is 0 Å². The zero-order valence-electron chi connectivity index (χ0n) is 12.0. The van der Waals surface area contributed by atoms with E-state index in [4.69, 9.17) is 11.0 Å². The summed E-state index contributed by atoms with van der Waals surface area (Å²) in [6.45, 7) is 6.30. The number of carbonyl (C=O) groups excluding carboxylic acids is 1. The molecular weight excluding hydrogens is 260 g/mol. The smallest absolute Gasteiger partial charge is 0.171 e. The van der Waals surface area contributed by atoms with Crippen LogP contribution in [0.2, 0.25) is 0 Å². The van der Waals surface area contributed by atoms with Gasteiger partial charge in [-0.05, 0) is 27.9 Å². The fourth-order valence-electron chi connectivity index (χ4n) is 1.40. The third kappa shape index (κ3) is 3.25. The van der Waals surface area contributed by atoms with E-state index in [0.29, 0.717) is 22.0 Å². The number of nitrogens with one attached hydrogen (secondary N) is 1. The van der Waals surface area contributed by atoms with E-state index in [9.17, 15) is 4.79 Å². The molecule has 104 valence electrons. The highest BCUT2D eigenvalue weighted by atomic mass is 32.1. The Morgan fingerprint density at radius 2 is 2.11 bits per heavy atom. The topological polar surface area (TPSA) is 82.2 Å². The predicted molar refractivity (Wildman–Crippen MR) is 79.7 cm³/mol. The van der Waals surface area contributed by atoms with Crippen LogP contribution in [-0.4, -0.2) is 36.9 Å². The standard InChI is InChI=1S/C13H20N4OS/c1-8(18)11-10(15)9(6-14)12(19-11)16-7-13(2,3)17(4)5/h16H,7,15H2,1-5H3. The molecule has 0 atom stereocenters. The molecular formula is C13H20N4OS. The van der Waals surface area contributed by atoms with Crippen LogP contribution in [-0.2, 0) is 0 Å². The number of ketones is 1. The van der Waals surface area contributed by atoms with Crippen LogP contribution in [0.5, 0.6) is 0 Å². The van der Waals surface area contributed by atoms with Crippen molar-refractivity contribution in [2.24, 2.45) is 0 Å². The third-order valence-corrected chi connectivity index (χ3v) is 4.53. The molecule has 0 aliphatic rings. The van der Waals surface area contributed by atoms with Gasteiger partial charge in [0.15, 0.2) is 5.78 Å². The number of rotatable bonds is 5. The minimum absolute atomic E-state index is 0.0676. The van der Waals surface area contributed by atoms with Crippen molar-refractivity contribution < 1.29 is 4.79 Å². The fourth-order valence-corrected chi connectivity index (χ4v) is 2.36. The van der Waals surface area contributed by atoms with Crippen molar-refractivity contribution in [2.75, 3.05) is 31.7 Å². The molecule has 0 amide bonds. The fraction of sp³-hybridized carbons (Fsp3) is 0.538. The van der Waals surface area contributed by atoms with Crippen molar-refractivity contribution in [2.45, 2.75) is 26.3 Å². The monoisotopic (exact) mass is 280 g/mol. The van der Waals surface area contributed by atoms with Crippen LogP contribution in [0.4, 0.5) is 10.7 Å². The van der Waals surface area contributed by atoms with Crippen LogP contribution in [0, 0.1) is 11.3 Å². The second kappa shape index (κ2) is 5.59. The first-order chi connectivity index (χ1) is 8.70. The van der Waals surface area contributed by atoms with Crippen molar-refractivity contribution >= 4 is 27.8 Å². The summed E-state index contributed by atoms with van der Waals surface area (Å²) in [5.41, 5.74) is 6.41. The lowest BCUT2D eigenvalue weighted by atomic mass is 10.0. The summed E-state index contributed by atoms with van der Waals surface area (Å²) in [4.78, 5) is 14.0. The minimum Gasteiger partial charge on any atom is -0.396 e. The van der Waals surface area contributed by atoms with Gasteiger partial charge in [0.25, 0.3) is 0 Å². The van der Waals surface area contributed by atoms with Crippen molar-refractivity contribution in [1.82, 2.24) is 4.90 Å². The molecule has 0 spiro atoms. The van der Waals surface area contributed by atoms with Crippen molar-refractivity contribution in [3.63, 3.8) is 0 Å². The Kier molecular flexibility index (Phi) is 4.56. The van der Waals surface area contributed by atoms with Gasteiger partial charge in [-0.15, -0.1) is 11.3 Å². The first-order valence-electron chi connectivity index (χ1n) is 5.95. The highest BCUT2D eigenvalue weighted by molar-refractivity contribution is 7.18. The Balaban J connectivity index is 3.00. The first-order valence-corrected chi connectivity index (χ1v) is 6.77. The summed E-state index contributed by atoms with van der Waals surface area (Å²) in [6.07, 6.45) is 0. The second-order valence-electron chi connectivity index (χ2n) is 5.28. The number of Topliss-reactive ketones (excluding diaryl/α,β-unsaturated/α-hetero) is 1. The number of hydrogen-bond donors (Lipinski definition) is 2. The number of nitrogen functional groups attached to an aromatic ring is 1. The molecule has 19 heavy (non-hydrogen) atoms. The highest BCUT2D eigenvalue weighted by Gasteiger charge is 2.23. The Morgan fingerprint density at radius 1 is 1.53 bits per heavy atom. The van der Waals surface area contributed by atoms with Gasteiger partial charge < -0.3 is 16.0 Å². The predicted octanol–water partition coefficient (Wildman–Crippen LogP) is 2.16. The number of carbonyl (C=O) groups is 1. The largest absolute Gasteiger partial charge is 0.396 e. The second-order valence-corrected chi connectivity index (χ2v) is 6.30. The zero-order valence-corrected chi connectivity index (χ0v) is 12.8. The van der Waals surface area contributed by atoms with Crippen LogP contribution in [0.1, 0.15) is 36.0 Å². The zero-order chi connectivity index (χ0) is 14.8. The van der Waals surface area contributed by atoms with Crippen LogP contribution < -0.4 is 11.1 Å². The van der Waals surface area contributed by atoms with Gasteiger partial charge in [-0.25, -0.2) is 0 Å². The van der Waals surface area contributed by atoms with Gasteiger partial charge in [-0.3, -0.25) is 4.79 Å². The Labute approximate surface area is 118 Å². The lowest BCUT2D eigenvalue weighted by molar-refractivity contribution is 0.102. The summed E-state index contributed by atoms with van der Waals surface area (Å²) in [6, 6.07) is 2.06. The Bertz CT molecular complexity index is 525. The van der Waals surface area contributed by atoms with E-state index in [0.717, 1.165) is 0 Å². The molecule has 0 radical (unpaired) electrons. The third-order valence-electron chi connectivity index (χ3n) is 3.27. The summed E-state index contributed by atoms with van der Waals surface area (Å²) in [5.74, 6) is -0.112. The minimum atomic E-state index is -0.112. The average Bonchev–Trinajstić information content (AvgIpc) is 2.63. The van der Waals surface area contributed by atoms with Gasteiger partial charge in [-0.2, -0.15) is 5.26 Å². The van der Waals surface area contributed by atoms with Crippen LogP contribution >= 0.6 is 11.3 Å². The molecule has 1 rings (SSSR count). The molecule has 0 bridgehead atoms. The van der Waals surface area contributed by atoms with Crippen molar-refractivity contribution in [3.05, 3.63) is 10.4 Å². The lowest BCUT2D eigenvalue weighted by Gasteiger charge is -2.32. The lowest BCUT2D eigenvalue weighted by Crippen LogP contribution is -2.44. The van der Waals surface area contributed by atoms with E-state index in [-0.39, 0.29) is 17.0 Å². The maximum Gasteiger partial charge on any atom is 0.171 e. The van der Waals surface area contributed by atoms with E-state index in [1.165, 1.54) is 18.3 Å². The van der Waals surface area contributed by atoms with E-state index in [1.807, 2.05) is 14.1 Å². The van der Waals surface area contributed by atoms with Gasteiger partial charge in [-0.1, -0.05) is 0 Å². The van der Waals surface area contributed by atoms with Crippen LogP contribution in [0.15, 0.2) is 0 Å². The molecule has 0 saturated carbocycles. The molecule has 0 aromatic carbocycles. The highest BCUT2D eigenvalue weighted by Crippen LogP contribution is 2.35. The number of nitrogens with two attached hydrogens (primary N) is 1. The van der Waals surface area contributed by atoms with Crippen molar-refractivity contribution in [1.29, 1.82) is 5.26 Å². The quantitative estimate of drug-likeness (QED) is 0.808. The number of hydrogen-bond acceptors (Lipinski definition) is 6. The van der Waals surface area contributed by atoms with Crippen LogP contribution in [0.25, 0.3) is 0 Å². The van der Waals surface area contributed by atoms with Crippen LogP contribution in [0.3, 0.4) is 0 Å². The van der Waals surface area contributed by atoms with Crippen molar-refractivity contribution in [3.8, 4) is 6.07 Å². The summed E-state index contributed by atoms with van der Waals surface area (Å²) < 4.78 is 0. The SMILES string of the molecule is CC(=O)c1sc(NCC(C)(C)N(C)C)c(C#N)c1N. The molecule has 0 saturated heterocycles. The Hall–Kier alpha value is -1.58. The number of nitrogens with zero attached hydrogens (tertiary/aromatic N) is 2. The van der Waals surface area contributed by atoms with E-state index in [2.05, 4.69) is 30.1 Å². The normalized spacial score (nSPS) is 11.4. The molecule has 5 nitrogen and oxygen atoms in total. The summed E-state index contributed by atoms with van der Waals surface area (Å²) in [5, 5.41) is 13.0. The molecule has 6 heteroatoms. The average molecular weight is 280 g/mol. The van der Waals surface area contributed by atoms with Gasteiger partial charge >= 0.3 is 0 Å². The molecule has 0 aliphatic carbocycles. The maximum absolute atomic E-state index is 11.4. The van der Waals surface area contributed by atoms with Gasteiger partial charge in [0, 0.05) is 19.0 Å². The van der Waals surface area contributed by atoms with Gasteiger partial charge in [0.05, 0.1) is 10.6 Å². The van der Waals surface area contributed by atoms with E-state index in [1.54, 1.807) is 0 Å². The molecule has 1 aromatic heterocycles. The molecule has 3 N–H and O–H groups in total. The van der Waals surface area contributed by atoms with Gasteiger partial charge in [0.1, 0.15) is 16.6 Å². The summed E-state index contributed by atoms with van der Waals surface area (Å²) in [7, 11) is 3.99. The Morgan fingerprint density at radius 3 is 2.53 bits per heavy atom. The molecule has 0 aliphatic heterocycles. The first kappa shape index (κ1) is 15.5. The molecule has 0 unspecified atom stereocenters. The molecule has 1 heterocycles. The number of anilines is 2. The number of nitriles is 1. The van der Waals surface area contributed by atoms with E-state index < -0.39 is 0 Å². The molecule has 1 aromatic rings. The number of thiophene rings is 1. The number of likely N-dealkylation sites (N-methyl/N-ethyl adjacent to an activating group) is 1.